The molecule has 9 rings (SSSR count). The zero-order valence-electron chi connectivity index (χ0n) is 37.9. The molecule has 2 nitrogen and oxygen atoms in total. The van der Waals surface area contributed by atoms with Crippen LogP contribution in [0.2, 0.25) is 45.2 Å². The number of halogens is 9. The SMILES string of the molecule is CCOC(C)=O.Clc1ccccc1.Clc1ccccc1.Clc1ccccc1.Clc1ccccc1.Clc1ccccc1.Clc1ccccc1.Clc1ccccc1.Clc1ccccc1.Clc1ccccc1. The smallest absolute Gasteiger partial charge is 0.302 e. The van der Waals surface area contributed by atoms with Crippen LogP contribution in [0.1, 0.15) is 13.8 Å². The van der Waals surface area contributed by atoms with Crippen LogP contribution in [0.5, 0.6) is 0 Å². The van der Waals surface area contributed by atoms with E-state index in [1.807, 2.05) is 273 Å². The van der Waals surface area contributed by atoms with E-state index in [4.69, 9.17) is 104 Å². The van der Waals surface area contributed by atoms with Gasteiger partial charge in [-0.2, -0.15) is 0 Å². The van der Waals surface area contributed by atoms with Gasteiger partial charge in [0.2, 0.25) is 0 Å². The van der Waals surface area contributed by atoms with E-state index < -0.39 is 0 Å². The molecule has 0 heterocycles. The van der Waals surface area contributed by atoms with Gasteiger partial charge in [-0.3, -0.25) is 4.79 Å². The lowest BCUT2D eigenvalue weighted by Crippen LogP contribution is -1.95. The quantitative estimate of drug-likeness (QED) is 0.153. The van der Waals surface area contributed by atoms with E-state index in [0.717, 1.165) is 45.2 Å². The molecule has 0 saturated heterocycles. The summed E-state index contributed by atoms with van der Waals surface area (Å²) < 4.78 is 4.40. The van der Waals surface area contributed by atoms with Crippen LogP contribution in [0.25, 0.3) is 0 Å². The Morgan fingerprint density at radius 2 is 0.362 bits per heavy atom. The van der Waals surface area contributed by atoms with Crippen molar-refractivity contribution in [3.05, 3.63) is 318 Å². The molecule has 0 aliphatic carbocycles. The van der Waals surface area contributed by atoms with E-state index in [2.05, 4.69) is 4.74 Å². The first-order chi connectivity index (χ1) is 33.3. The third-order valence-corrected chi connectivity index (χ3v) is 9.21. The van der Waals surface area contributed by atoms with Gasteiger partial charge in [-0.25, -0.2) is 0 Å². The fourth-order valence-electron chi connectivity index (χ4n) is 3.94. The number of carbonyl (C=O) groups is 1. The van der Waals surface area contributed by atoms with Crippen LogP contribution in [0, 0.1) is 0 Å². The summed E-state index contributed by atoms with van der Waals surface area (Å²) in [6, 6.07) is 85.0. The maximum Gasteiger partial charge on any atom is 0.302 e. The van der Waals surface area contributed by atoms with E-state index in [-0.39, 0.29) is 5.97 Å². The van der Waals surface area contributed by atoms with E-state index in [9.17, 15) is 4.79 Å². The summed E-state index contributed by atoms with van der Waals surface area (Å²) in [4.78, 5) is 9.82. The molecule has 360 valence electrons. The van der Waals surface area contributed by atoms with Crippen LogP contribution in [-0.4, -0.2) is 12.6 Å². The molecular weight excluding hydrogens is 1050 g/mol. The molecular formula is C58H53Cl9O2. The predicted octanol–water partition coefficient (Wildman–Crippen LogP) is 21.6. The molecule has 11 heteroatoms. The van der Waals surface area contributed by atoms with Crippen LogP contribution in [0.4, 0.5) is 0 Å². The summed E-state index contributed by atoms with van der Waals surface area (Å²) in [5, 5.41) is 7.15. The summed E-state index contributed by atoms with van der Waals surface area (Å²) in [6.45, 7) is 3.65. The lowest BCUT2D eigenvalue weighted by molar-refractivity contribution is -0.140. The van der Waals surface area contributed by atoms with E-state index in [0.29, 0.717) is 6.61 Å². The summed E-state index contributed by atoms with van der Waals surface area (Å²) >= 11 is 49.9. The highest BCUT2D eigenvalue weighted by Crippen LogP contribution is 2.08. The number of ether oxygens (including phenoxy) is 1. The van der Waals surface area contributed by atoms with Crippen LogP contribution >= 0.6 is 104 Å². The molecule has 0 bridgehead atoms. The minimum atomic E-state index is -0.211. The second-order valence-corrected chi connectivity index (χ2v) is 16.5. The zero-order valence-corrected chi connectivity index (χ0v) is 44.7. The third kappa shape index (κ3) is 47.9. The highest BCUT2D eigenvalue weighted by Gasteiger charge is 1.82. The van der Waals surface area contributed by atoms with Gasteiger partial charge in [0.1, 0.15) is 0 Å². The third-order valence-electron chi connectivity index (χ3n) is 6.95. The molecule has 0 aliphatic rings. The minimum Gasteiger partial charge on any atom is -0.466 e. The Hall–Kier alpha value is -4.94. The van der Waals surface area contributed by atoms with Gasteiger partial charge in [-0.05, 0) is 116 Å². The zero-order chi connectivity index (χ0) is 51.0. The van der Waals surface area contributed by atoms with Crippen molar-refractivity contribution < 1.29 is 9.53 Å². The van der Waals surface area contributed by atoms with Gasteiger partial charge in [0, 0.05) is 52.1 Å². The van der Waals surface area contributed by atoms with Crippen molar-refractivity contribution in [1.29, 1.82) is 0 Å². The van der Waals surface area contributed by atoms with E-state index >= 15 is 0 Å². The molecule has 0 unspecified atom stereocenters. The molecule has 0 N–H and O–H groups in total. The number of carbonyl (C=O) groups excluding carboxylic acids is 1. The lowest BCUT2D eigenvalue weighted by atomic mass is 10.4. The Morgan fingerprint density at radius 1 is 0.261 bits per heavy atom. The summed E-state index contributed by atoms with van der Waals surface area (Å²) in [5.74, 6) is -0.211. The van der Waals surface area contributed by atoms with Crippen molar-refractivity contribution in [2.75, 3.05) is 6.61 Å². The fraction of sp³-hybridized carbons (Fsp3) is 0.0517. The lowest BCUT2D eigenvalue weighted by Gasteiger charge is -1.89. The van der Waals surface area contributed by atoms with E-state index in [1.165, 1.54) is 6.92 Å². The number of hydrogen-bond acceptors (Lipinski definition) is 2. The van der Waals surface area contributed by atoms with Crippen LogP contribution in [0.15, 0.2) is 273 Å². The van der Waals surface area contributed by atoms with Crippen molar-refractivity contribution in [2.45, 2.75) is 13.8 Å². The normalized spacial score (nSPS) is 8.62. The molecule has 0 spiro atoms. The molecule has 9 aromatic rings. The van der Waals surface area contributed by atoms with Crippen LogP contribution in [-0.2, 0) is 9.53 Å². The van der Waals surface area contributed by atoms with Crippen molar-refractivity contribution >= 4 is 110 Å². The molecule has 0 aliphatic heterocycles. The van der Waals surface area contributed by atoms with Crippen LogP contribution < -0.4 is 0 Å². The Balaban J connectivity index is 0.000000745. The monoisotopic (exact) mass is 1100 g/mol. The maximum atomic E-state index is 9.82. The van der Waals surface area contributed by atoms with Gasteiger partial charge in [0.25, 0.3) is 0 Å². The number of rotatable bonds is 1. The second-order valence-electron chi connectivity index (χ2n) is 12.6. The summed E-state index contributed by atoms with van der Waals surface area (Å²) in [5.41, 5.74) is 0. The highest BCUT2D eigenvalue weighted by atomic mass is 35.5. The Labute approximate surface area is 454 Å². The van der Waals surface area contributed by atoms with Gasteiger partial charge in [0.05, 0.1) is 6.61 Å². The van der Waals surface area contributed by atoms with Gasteiger partial charge in [-0.15, -0.1) is 0 Å². The van der Waals surface area contributed by atoms with Crippen molar-refractivity contribution in [3.63, 3.8) is 0 Å². The van der Waals surface area contributed by atoms with Gasteiger partial charge >= 0.3 is 5.97 Å². The molecule has 0 aromatic heterocycles. The molecule has 0 atom stereocenters. The summed E-state index contributed by atoms with van der Waals surface area (Å²) in [6.07, 6.45) is 0. The average Bonchev–Trinajstić information content (AvgIpc) is 3.36. The number of hydrogen-bond donors (Lipinski definition) is 0. The van der Waals surface area contributed by atoms with Crippen molar-refractivity contribution in [3.8, 4) is 0 Å². The molecule has 0 amide bonds. The Bertz CT molecular complexity index is 1890. The Kier molecular flexibility index (Phi) is 43.4. The highest BCUT2D eigenvalue weighted by molar-refractivity contribution is 6.32. The first-order valence-corrected chi connectivity index (χ1v) is 24.2. The second kappa shape index (κ2) is 46.8. The van der Waals surface area contributed by atoms with Crippen molar-refractivity contribution in [2.24, 2.45) is 0 Å². The van der Waals surface area contributed by atoms with E-state index in [1.54, 1.807) is 6.92 Å². The molecule has 0 fully saturated rings. The molecule has 9 aromatic carbocycles. The van der Waals surface area contributed by atoms with Gasteiger partial charge in [-0.1, -0.05) is 268 Å². The molecule has 69 heavy (non-hydrogen) atoms. The number of benzene rings is 9. The standard InChI is InChI=1S/9C6H5Cl.C4H8O2/c9*7-6-4-2-1-3-5-6;1-3-6-4(2)5/h9*1-5H;3H2,1-2H3. The molecule has 0 radical (unpaired) electrons. The largest absolute Gasteiger partial charge is 0.466 e. The Morgan fingerprint density at radius 3 is 0.391 bits per heavy atom. The first-order valence-electron chi connectivity index (χ1n) is 20.8. The number of esters is 1. The minimum absolute atomic E-state index is 0.211. The maximum absolute atomic E-state index is 9.82. The van der Waals surface area contributed by atoms with Gasteiger partial charge in [0.15, 0.2) is 0 Å². The topological polar surface area (TPSA) is 26.3 Å². The van der Waals surface area contributed by atoms with Crippen LogP contribution in [0.3, 0.4) is 0 Å². The summed E-state index contributed by atoms with van der Waals surface area (Å²) in [7, 11) is 0. The fourth-order valence-corrected chi connectivity index (χ4v) is 5.24. The van der Waals surface area contributed by atoms with Gasteiger partial charge < -0.3 is 4.74 Å². The predicted molar refractivity (Wildman–Crippen MR) is 305 cm³/mol. The first kappa shape index (κ1) is 64.1. The molecule has 0 saturated carbocycles. The van der Waals surface area contributed by atoms with Crippen molar-refractivity contribution in [1.82, 2.24) is 0 Å². The average molecular weight is 1100 g/mol.